The van der Waals surface area contributed by atoms with Gasteiger partial charge >= 0.3 is 0 Å². The molecule has 0 fully saturated rings. The molecule has 0 unspecified atom stereocenters. The van der Waals surface area contributed by atoms with E-state index in [0.717, 1.165) is 28.3 Å². The van der Waals surface area contributed by atoms with Crippen LogP contribution >= 0.6 is 11.3 Å². The Labute approximate surface area is 141 Å². The fraction of sp³-hybridized carbons (Fsp3) is 0.263. The lowest BCUT2D eigenvalue weighted by atomic mass is 10.2. The molecule has 1 amide bonds. The van der Waals surface area contributed by atoms with E-state index >= 15 is 0 Å². The number of thiazole rings is 1. The Morgan fingerprint density at radius 1 is 1.17 bits per heavy atom. The van der Waals surface area contributed by atoms with Gasteiger partial charge in [0, 0.05) is 29.5 Å². The van der Waals surface area contributed by atoms with Crippen LogP contribution in [0.5, 0.6) is 0 Å². The monoisotopic (exact) mass is 326 g/mol. The third kappa shape index (κ3) is 5.49. The highest BCUT2D eigenvalue weighted by molar-refractivity contribution is 7.13. The number of rotatable bonds is 6. The minimum Gasteiger partial charge on any atom is -0.352 e. The molecule has 0 spiro atoms. The third-order valence-electron chi connectivity index (χ3n) is 3.26. The van der Waals surface area contributed by atoms with Crippen molar-refractivity contribution in [1.82, 2.24) is 10.3 Å². The summed E-state index contributed by atoms with van der Waals surface area (Å²) in [5.74, 6) is -0.0268. The van der Waals surface area contributed by atoms with Crippen LogP contribution in [0, 0.1) is 0 Å². The van der Waals surface area contributed by atoms with Crippen molar-refractivity contribution >= 4 is 17.2 Å². The predicted octanol–water partition coefficient (Wildman–Crippen LogP) is 4.38. The average Bonchev–Trinajstić information content (AvgIpc) is 3.02. The number of amides is 1. The summed E-state index contributed by atoms with van der Waals surface area (Å²) < 4.78 is 0. The molecular formula is C19H22N2OS. The van der Waals surface area contributed by atoms with Crippen molar-refractivity contribution in [2.45, 2.75) is 27.2 Å². The first kappa shape index (κ1) is 17.2. The van der Waals surface area contributed by atoms with E-state index in [1.807, 2.05) is 51.1 Å². The maximum Gasteiger partial charge on any atom is 0.246 e. The fourth-order valence-electron chi connectivity index (χ4n) is 1.95. The number of hydrogen-bond donors (Lipinski definition) is 1. The van der Waals surface area contributed by atoms with Crippen molar-refractivity contribution in [3.8, 4) is 10.6 Å². The Balaban J connectivity index is 1.85. The van der Waals surface area contributed by atoms with Gasteiger partial charge in [0.15, 0.2) is 0 Å². The highest BCUT2D eigenvalue weighted by Crippen LogP contribution is 2.23. The molecule has 1 heterocycles. The molecule has 2 aromatic rings. The summed E-state index contributed by atoms with van der Waals surface area (Å²) in [4.78, 5) is 16.6. The van der Waals surface area contributed by atoms with Crippen molar-refractivity contribution in [3.63, 3.8) is 0 Å². The first-order chi connectivity index (χ1) is 11.1. The number of aromatic nitrogens is 1. The second kappa shape index (κ2) is 8.44. The Morgan fingerprint density at radius 3 is 2.61 bits per heavy atom. The number of allylic oxidation sites excluding steroid dienone is 3. The van der Waals surface area contributed by atoms with E-state index in [-0.39, 0.29) is 5.91 Å². The summed E-state index contributed by atoms with van der Waals surface area (Å²) in [7, 11) is 0. The molecule has 0 bridgehead atoms. The summed E-state index contributed by atoms with van der Waals surface area (Å²) in [6.45, 7) is 6.43. The minimum atomic E-state index is -0.0268. The molecule has 3 nitrogen and oxygen atoms in total. The number of nitrogens with zero attached hydrogens (tertiary/aromatic N) is 1. The zero-order chi connectivity index (χ0) is 16.7. The number of nitrogens with one attached hydrogen (secondary N) is 1. The molecule has 4 heteroatoms. The molecule has 0 aliphatic carbocycles. The molecule has 0 atom stereocenters. The smallest absolute Gasteiger partial charge is 0.246 e. The molecule has 0 aliphatic heterocycles. The zero-order valence-corrected chi connectivity index (χ0v) is 14.6. The largest absolute Gasteiger partial charge is 0.352 e. The average molecular weight is 326 g/mol. The van der Waals surface area contributed by atoms with Gasteiger partial charge in [-0.1, -0.05) is 48.1 Å². The minimum absolute atomic E-state index is 0.0268. The highest BCUT2D eigenvalue weighted by atomic mass is 32.1. The quantitative estimate of drug-likeness (QED) is 0.632. The molecule has 0 saturated heterocycles. The Bertz CT molecular complexity index is 710. The topological polar surface area (TPSA) is 42.0 Å². The van der Waals surface area contributed by atoms with Crippen LogP contribution in [0.15, 0.2) is 59.0 Å². The second-order valence-corrected chi connectivity index (χ2v) is 6.47. The molecule has 23 heavy (non-hydrogen) atoms. The van der Waals surface area contributed by atoms with Crippen molar-refractivity contribution < 1.29 is 4.79 Å². The molecule has 1 aromatic heterocycles. The van der Waals surface area contributed by atoms with E-state index in [1.165, 1.54) is 5.57 Å². The first-order valence-electron chi connectivity index (χ1n) is 7.66. The second-order valence-electron chi connectivity index (χ2n) is 5.61. The Hall–Kier alpha value is -2.20. The van der Waals surface area contributed by atoms with Gasteiger partial charge in [0.05, 0.1) is 5.69 Å². The maximum absolute atomic E-state index is 11.9. The van der Waals surface area contributed by atoms with E-state index in [4.69, 9.17) is 0 Å². The SMILES string of the molecule is CC(C)=C/C=C(\C)C(=O)NCCc1csc(-c2ccccc2)n1. The van der Waals surface area contributed by atoms with Gasteiger partial charge in [-0.3, -0.25) is 4.79 Å². The molecule has 0 saturated carbocycles. The van der Waals surface area contributed by atoms with Gasteiger partial charge in [0.1, 0.15) is 5.01 Å². The summed E-state index contributed by atoms with van der Waals surface area (Å²) in [6, 6.07) is 10.1. The lowest BCUT2D eigenvalue weighted by Crippen LogP contribution is -2.26. The van der Waals surface area contributed by atoms with Gasteiger partial charge < -0.3 is 5.32 Å². The molecule has 1 aromatic carbocycles. The van der Waals surface area contributed by atoms with E-state index in [9.17, 15) is 4.79 Å². The number of benzene rings is 1. The van der Waals surface area contributed by atoms with Crippen LogP contribution in [0.2, 0.25) is 0 Å². The third-order valence-corrected chi connectivity index (χ3v) is 4.20. The van der Waals surface area contributed by atoms with Gasteiger partial charge in [0.25, 0.3) is 0 Å². The zero-order valence-electron chi connectivity index (χ0n) is 13.8. The van der Waals surface area contributed by atoms with Crippen LogP contribution in [-0.4, -0.2) is 17.4 Å². The maximum atomic E-state index is 11.9. The fourth-order valence-corrected chi connectivity index (χ4v) is 2.81. The molecule has 2 rings (SSSR count). The van der Waals surface area contributed by atoms with E-state index in [1.54, 1.807) is 11.3 Å². The van der Waals surface area contributed by atoms with Crippen LogP contribution in [-0.2, 0) is 11.2 Å². The van der Waals surface area contributed by atoms with Crippen LogP contribution in [0.4, 0.5) is 0 Å². The molecule has 120 valence electrons. The van der Waals surface area contributed by atoms with Crippen molar-refractivity contribution in [2.75, 3.05) is 6.54 Å². The molecule has 0 radical (unpaired) electrons. The first-order valence-corrected chi connectivity index (χ1v) is 8.54. The van der Waals surface area contributed by atoms with Crippen LogP contribution < -0.4 is 5.32 Å². The van der Waals surface area contributed by atoms with E-state index in [0.29, 0.717) is 6.54 Å². The number of carbonyl (C=O) groups is 1. The number of carbonyl (C=O) groups excluding carboxylic acids is 1. The molecule has 1 N–H and O–H groups in total. The van der Waals surface area contributed by atoms with Gasteiger partial charge in [-0.05, 0) is 20.8 Å². The normalized spacial score (nSPS) is 11.2. The van der Waals surface area contributed by atoms with Gasteiger partial charge in [-0.15, -0.1) is 11.3 Å². The van der Waals surface area contributed by atoms with Crippen LogP contribution in [0.25, 0.3) is 10.6 Å². The van der Waals surface area contributed by atoms with Gasteiger partial charge in [-0.25, -0.2) is 4.98 Å². The summed E-state index contributed by atoms with van der Waals surface area (Å²) in [6.07, 6.45) is 4.54. The standard InChI is InChI=1S/C19H22N2OS/c1-14(2)9-10-15(3)18(22)20-12-11-17-13-23-19(21-17)16-7-5-4-6-8-16/h4-10,13H,11-12H2,1-3H3,(H,20,22)/b15-10+. The summed E-state index contributed by atoms with van der Waals surface area (Å²) in [5, 5.41) is 6.01. The van der Waals surface area contributed by atoms with Crippen molar-refractivity contribution in [1.29, 1.82) is 0 Å². The summed E-state index contributed by atoms with van der Waals surface area (Å²) in [5.41, 5.74) is 4.04. The van der Waals surface area contributed by atoms with Crippen molar-refractivity contribution in [2.24, 2.45) is 0 Å². The molecular weight excluding hydrogens is 304 g/mol. The van der Waals surface area contributed by atoms with Gasteiger partial charge in [0.2, 0.25) is 5.91 Å². The van der Waals surface area contributed by atoms with Crippen molar-refractivity contribution in [3.05, 3.63) is 64.7 Å². The predicted molar refractivity (Wildman–Crippen MR) is 97.5 cm³/mol. The Morgan fingerprint density at radius 2 is 1.91 bits per heavy atom. The lowest BCUT2D eigenvalue weighted by molar-refractivity contribution is -0.117. The van der Waals surface area contributed by atoms with Gasteiger partial charge in [-0.2, -0.15) is 0 Å². The highest BCUT2D eigenvalue weighted by Gasteiger charge is 2.06. The lowest BCUT2D eigenvalue weighted by Gasteiger charge is -2.03. The molecule has 0 aliphatic rings. The van der Waals surface area contributed by atoms with E-state index < -0.39 is 0 Å². The van der Waals surface area contributed by atoms with Crippen LogP contribution in [0.3, 0.4) is 0 Å². The number of hydrogen-bond acceptors (Lipinski definition) is 3. The van der Waals surface area contributed by atoms with Crippen LogP contribution in [0.1, 0.15) is 26.5 Å². The Kier molecular flexibility index (Phi) is 6.29. The summed E-state index contributed by atoms with van der Waals surface area (Å²) >= 11 is 1.64. The van der Waals surface area contributed by atoms with E-state index in [2.05, 4.69) is 27.8 Å².